The van der Waals surface area contributed by atoms with Crippen LogP contribution in [0, 0.1) is 0 Å². The van der Waals surface area contributed by atoms with Crippen LogP contribution >= 0.6 is 0 Å². The summed E-state index contributed by atoms with van der Waals surface area (Å²) in [5.41, 5.74) is 6.96. The minimum atomic E-state index is -2.13. The van der Waals surface area contributed by atoms with Crippen molar-refractivity contribution < 1.29 is 19.1 Å². The van der Waals surface area contributed by atoms with Crippen LogP contribution in [0.4, 0.5) is 0 Å². The monoisotopic (exact) mass is 324 g/mol. The highest BCUT2D eigenvalue weighted by molar-refractivity contribution is 6.74. The van der Waals surface area contributed by atoms with Crippen molar-refractivity contribution >= 4 is 19.8 Å². The molecule has 2 saturated carbocycles. The van der Waals surface area contributed by atoms with Gasteiger partial charge in [0.05, 0.1) is 5.60 Å². The van der Waals surface area contributed by atoms with E-state index in [1.807, 2.05) is 0 Å². The van der Waals surface area contributed by atoms with Crippen LogP contribution in [0.1, 0.15) is 59.3 Å². The van der Waals surface area contributed by atoms with Crippen molar-refractivity contribution in [3.63, 3.8) is 0 Å². The largest absolute Gasteiger partial charge is 0.408 e. The minimum absolute atomic E-state index is 0.0120. The van der Waals surface area contributed by atoms with Crippen LogP contribution in [-0.4, -0.2) is 40.9 Å². The third-order valence-electron chi connectivity index (χ3n) is 5.89. The zero-order valence-corrected chi connectivity index (χ0v) is 15.4. The molecule has 0 amide bonds. The number of nitrogens with zero attached hydrogens (tertiary/aromatic N) is 2. The Morgan fingerprint density at radius 1 is 1.23 bits per heavy atom. The van der Waals surface area contributed by atoms with Crippen molar-refractivity contribution in [3.8, 4) is 0 Å². The molecule has 0 spiro atoms. The van der Waals surface area contributed by atoms with Crippen molar-refractivity contribution in [2.45, 2.75) is 88.6 Å². The van der Waals surface area contributed by atoms with Gasteiger partial charge in [0.2, 0.25) is 5.78 Å². The Bertz CT molecular complexity index is 534. The maximum Gasteiger partial charge on any atom is 0.368 e. The fourth-order valence-corrected chi connectivity index (χ4v) is 5.18. The Morgan fingerprint density at radius 3 is 2.36 bits per heavy atom. The average Bonchev–Trinajstić information content (AvgIpc) is 2.38. The van der Waals surface area contributed by atoms with E-state index >= 15 is 0 Å². The summed E-state index contributed by atoms with van der Waals surface area (Å²) in [7, 11) is -2.13. The molecule has 22 heavy (non-hydrogen) atoms. The number of hydrogen-bond donors (Lipinski definition) is 1. The van der Waals surface area contributed by atoms with Crippen molar-refractivity contribution in [2.75, 3.05) is 0 Å². The molecule has 0 aromatic heterocycles. The second-order valence-corrected chi connectivity index (χ2v) is 13.0. The molecule has 6 heteroatoms. The highest BCUT2D eigenvalue weighted by Gasteiger charge is 2.66. The fraction of sp³-hybridized carbons (Fsp3) is 0.875. The number of fused-ring (bicyclic) bond motifs is 1. The predicted octanol–water partition coefficient (Wildman–Crippen LogP) is 3.09. The molecule has 0 saturated heterocycles. The standard InChI is InChI=1S/C16H28N2O3Si/c1-14(2,3)22(4,5)21-15-9-6-7-10-16(15,20)13(18-17)12(19)8-11-15/h20H,6-11H2,1-5H3/t15-,16-/m0/s1. The molecule has 2 atom stereocenters. The zero-order valence-electron chi connectivity index (χ0n) is 14.4. The molecule has 2 aliphatic carbocycles. The van der Waals surface area contributed by atoms with Gasteiger partial charge >= 0.3 is 5.71 Å². The maximum atomic E-state index is 12.1. The van der Waals surface area contributed by atoms with E-state index in [0.29, 0.717) is 19.3 Å². The second kappa shape index (κ2) is 5.37. The van der Waals surface area contributed by atoms with Crippen molar-refractivity contribution in [3.05, 3.63) is 5.53 Å². The highest BCUT2D eigenvalue weighted by Crippen LogP contribution is 2.51. The molecule has 0 aromatic carbocycles. The first-order valence-corrected chi connectivity index (χ1v) is 11.1. The molecule has 0 aromatic rings. The van der Waals surface area contributed by atoms with Gasteiger partial charge in [0, 0.05) is 6.42 Å². The molecule has 2 aliphatic rings. The van der Waals surface area contributed by atoms with Gasteiger partial charge in [0.1, 0.15) is 0 Å². The first-order valence-electron chi connectivity index (χ1n) is 8.17. The molecule has 124 valence electrons. The van der Waals surface area contributed by atoms with Crippen LogP contribution in [0.3, 0.4) is 0 Å². The van der Waals surface area contributed by atoms with Crippen LogP contribution < -0.4 is 0 Å². The number of aliphatic hydroxyl groups is 1. The van der Waals surface area contributed by atoms with Crippen LogP contribution in [0.5, 0.6) is 0 Å². The van der Waals surface area contributed by atoms with Gasteiger partial charge in [-0.15, -0.1) is 0 Å². The Morgan fingerprint density at radius 2 is 1.82 bits per heavy atom. The third kappa shape index (κ3) is 2.52. The smallest absolute Gasteiger partial charge is 0.368 e. The quantitative estimate of drug-likeness (QED) is 0.481. The van der Waals surface area contributed by atoms with Gasteiger partial charge in [-0.25, -0.2) is 0 Å². The molecule has 2 rings (SSSR count). The molecule has 0 heterocycles. The number of rotatable bonds is 2. The van der Waals surface area contributed by atoms with Gasteiger partial charge in [-0.1, -0.05) is 27.2 Å². The van der Waals surface area contributed by atoms with E-state index in [-0.39, 0.29) is 23.0 Å². The summed E-state index contributed by atoms with van der Waals surface area (Å²) in [5, 5.41) is 11.3. The number of carbonyl (C=O) groups is 1. The lowest BCUT2D eigenvalue weighted by atomic mass is 9.62. The lowest BCUT2D eigenvalue weighted by Crippen LogP contribution is -2.70. The molecule has 0 bridgehead atoms. The van der Waals surface area contributed by atoms with E-state index in [1.165, 1.54) is 0 Å². The number of Topliss-reactive ketones (excluding diaryl/α,β-unsaturated/α-hetero) is 1. The first kappa shape index (κ1) is 17.5. The van der Waals surface area contributed by atoms with Crippen LogP contribution in [0.2, 0.25) is 18.1 Å². The molecular formula is C16H28N2O3Si. The summed E-state index contributed by atoms with van der Waals surface area (Å²) in [6.07, 6.45) is 3.69. The highest BCUT2D eigenvalue weighted by atomic mass is 28.4. The SMILES string of the molecule is CC(C)(C)[Si](C)(C)O[C@]12CCCC[C@]1(O)C(=[N+]=[N-])C(=O)CC2. The lowest BCUT2D eigenvalue weighted by Gasteiger charge is -2.54. The number of hydrogen-bond acceptors (Lipinski definition) is 3. The lowest BCUT2D eigenvalue weighted by molar-refractivity contribution is -0.168. The summed E-state index contributed by atoms with van der Waals surface area (Å²) < 4.78 is 6.66. The van der Waals surface area contributed by atoms with Gasteiger partial charge in [0.25, 0.3) is 0 Å². The molecule has 1 N–H and O–H groups in total. The van der Waals surface area contributed by atoms with Crippen molar-refractivity contribution in [1.82, 2.24) is 0 Å². The summed E-state index contributed by atoms with van der Waals surface area (Å²) in [5.74, 6) is -0.263. The predicted molar refractivity (Wildman–Crippen MR) is 87.3 cm³/mol. The first-order chi connectivity index (χ1) is 9.99. The van der Waals surface area contributed by atoms with Crippen molar-refractivity contribution in [2.24, 2.45) is 0 Å². The van der Waals surface area contributed by atoms with Gasteiger partial charge in [-0.05, 0) is 43.8 Å². The Kier molecular flexibility index (Phi) is 4.28. The van der Waals surface area contributed by atoms with E-state index in [1.54, 1.807) is 0 Å². The Labute approximate surface area is 133 Å². The number of ketones is 1. The van der Waals surface area contributed by atoms with E-state index in [2.05, 4.69) is 38.7 Å². The average molecular weight is 324 g/mol. The van der Waals surface area contributed by atoms with E-state index in [0.717, 1.165) is 12.8 Å². The number of carbonyl (C=O) groups excluding carboxylic acids is 1. The van der Waals surface area contributed by atoms with E-state index < -0.39 is 19.5 Å². The van der Waals surface area contributed by atoms with Crippen LogP contribution in [0.25, 0.3) is 5.53 Å². The molecule has 5 nitrogen and oxygen atoms in total. The van der Waals surface area contributed by atoms with E-state index in [4.69, 9.17) is 4.43 Å². The van der Waals surface area contributed by atoms with Crippen LogP contribution in [-0.2, 0) is 9.22 Å². The van der Waals surface area contributed by atoms with Gasteiger partial charge in [-0.3, -0.25) is 4.79 Å². The molecular weight excluding hydrogens is 296 g/mol. The summed E-state index contributed by atoms with van der Waals surface area (Å²) in [6.45, 7) is 10.8. The van der Waals surface area contributed by atoms with Crippen LogP contribution in [0.15, 0.2) is 0 Å². The van der Waals surface area contributed by atoms with Gasteiger partial charge in [0.15, 0.2) is 13.9 Å². The topological polar surface area (TPSA) is 82.9 Å². The van der Waals surface area contributed by atoms with Crippen molar-refractivity contribution in [1.29, 1.82) is 0 Å². The minimum Gasteiger partial charge on any atom is -0.408 e. The summed E-state index contributed by atoms with van der Waals surface area (Å²) in [4.78, 5) is 15.3. The molecule has 0 aliphatic heterocycles. The second-order valence-electron chi connectivity index (χ2n) is 8.30. The van der Waals surface area contributed by atoms with Gasteiger partial charge < -0.3 is 15.1 Å². The molecule has 0 radical (unpaired) electrons. The third-order valence-corrected chi connectivity index (χ3v) is 10.4. The summed E-state index contributed by atoms with van der Waals surface area (Å²) >= 11 is 0. The Balaban J connectivity index is 2.49. The zero-order chi connectivity index (χ0) is 16.8. The van der Waals surface area contributed by atoms with Gasteiger partial charge in [-0.2, -0.15) is 4.79 Å². The normalized spacial score (nSPS) is 33.4. The van der Waals surface area contributed by atoms with E-state index in [9.17, 15) is 15.4 Å². The molecule has 0 unspecified atom stereocenters. The molecule has 2 fully saturated rings. The fourth-order valence-electron chi connectivity index (χ4n) is 3.52. The summed E-state index contributed by atoms with van der Waals surface area (Å²) in [6, 6.07) is 0. The maximum absolute atomic E-state index is 12.1. The Hall–Kier alpha value is -0.813.